The Labute approximate surface area is 143 Å². The third kappa shape index (κ3) is 2.91. The maximum atomic E-state index is 13.0. The molecule has 4 rings (SSSR count). The van der Waals surface area contributed by atoms with Crippen molar-refractivity contribution in [1.82, 2.24) is 0 Å². The van der Waals surface area contributed by atoms with Crippen LogP contribution < -0.4 is 14.8 Å². The zero-order chi connectivity index (χ0) is 16.7. The van der Waals surface area contributed by atoms with Crippen molar-refractivity contribution < 1.29 is 18.7 Å². The number of ether oxygens (including phenoxy) is 2. The molecule has 1 saturated carbocycles. The van der Waals surface area contributed by atoms with E-state index in [-0.39, 0.29) is 23.6 Å². The molecule has 1 aliphatic carbocycles. The predicted molar refractivity (Wildman–Crippen MR) is 88.3 cm³/mol. The van der Waals surface area contributed by atoms with E-state index < -0.39 is 0 Å². The zero-order valence-electron chi connectivity index (χ0n) is 12.7. The Morgan fingerprint density at radius 2 is 1.79 bits per heavy atom. The van der Waals surface area contributed by atoms with Gasteiger partial charge in [-0.15, -0.1) is 0 Å². The largest absolute Gasteiger partial charge is 0.486 e. The van der Waals surface area contributed by atoms with Crippen LogP contribution in [0.15, 0.2) is 36.4 Å². The predicted octanol–water partition coefficient (Wildman–Crippen LogP) is 3.99. The highest BCUT2D eigenvalue weighted by atomic mass is 35.5. The van der Waals surface area contributed by atoms with Crippen LogP contribution in [0.1, 0.15) is 17.9 Å². The Morgan fingerprint density at radius 3 is 2.50 bits per heavy atom. The number of amides is 1. The molecule has 2 aliphatic rings. The Hall–Kier alpha value is -2.27. The second kappa shape index (κ2) is 5.98. The fourth-order valence-corrected chi connectivity index (χ4v) is 3.15. The average Bonchev–Trinajstić information content (AvgIpc) is 3.37. The van der Waals surface area contributed by atoms with Gasteiger partial charge in [-0.05, 0) is 30.0 Å². The van der Waals surface area contributed by atoms with Crippen molar-refractivity contribution in [3.05, 3.63) is 52.8 Å². The fraction of sp³-hybridized carbons (Fsp3) is 0.278. The molecule has 1 heterocycles. The molecule has 0 radical (unpaired) electrons. The molecule has 1 fully saturated rings. The molecule has 2 atom stereocenters. The Kier molecular flexibility index (Phi) is 3.81. The van der Waals surface area contributed by atoms with Crippen molar-refractivity contribution in [1.29, 1.82) is 0 Å². The van der Waals surface area contributed by atoms with E-state index in [0.717, 1.165) is 12.0 Å². The first kappa shape index (κ1) is 15.3. The fourth-order valence-electron chi connectivity index (χ4n) is 2.95. The molecular formula is C18H15ClFNO3. The van der Waals surface area contributed by atoms with Gasteiger partial charge in [0.2, 0.25) is 5.91 Å². The number of fused-ring (bicyclic) bond motifs is 1. The summed E-state index contributed by atoms with van der Waals surface area (Å²) in [6.45, 7) is 0.952. The molecular weight excluding hydrogens is 333 g/mol. The van der Waals surface area contributed by atoms with Gasteiger partial charge in [0, 0.05) is 18.1 Å². The molecule has 0 saturated heterocycles. The van der Waals surface area contributed by atoms with E-state index in [1.54, 1.807) is 24.3 Å². The van der Waals surface area contributed by atoms with Crippen LogP contribution in [-0.4, -0.2) is 19.1 Å². The van der Waals surface area contributed by atoms with Crippen molar-refractivity contribution in [2.45, 2.75) is 12.3 Å². The smallest absolute Gasteiger partial charge is 0.228 e. The second-order valence-corrected chi connectivity index (χ2v) is 6.37. The van der Waals surface area contributed by atoms with Crippen LogP contribution in [0.4, 0.5) is 10.1 Å². The highest BCUT2D eigenvalue weighted by molar-refractivity contribution is 6.34. The lowest BCUT2D eigenvalue weighted by molar-refractivity contribution is -0.117. The molecule has 24 heavy (non-hydrogen) atoms. The number of anilines is 1. The summed E-state index contributed by atoms with van der Waals surface area (Å²) in [5, 5.41) is 3.26. The standard InChI is InChI=1S/C18H15ClFNO3/c19-14-8-16-17(24-6-5-23-16)9-15(14)21-18(22)13-7-12(13)10-1-3-11(20)4-2-10/h1-4,8-9,12-13H,5-7H2,(H,21,22). The van der Waals surface area contributed by atoms with Gasteiger partial charge in [0.05, 0.1) is 10.7 Å². The lowest BCUT2D eigenvalue weighted by Gasteiger charge is -2.20. The van der Waals surface area contributed by atoms with E-state index in [0.29, 0.717) is 35.4 Å². The number of carbonyl (C=O) groups is 1. The SMILES string of the molecule is O=C(Nc1cc2c(cc1Cl)OCCO2)C1CC1c1ccc(F)cc1. The Morgan fingerprint density at radius 1 is 1.12 bits per heavy atom. The first-order valence-electron chi connectivity index (χ1n) is 7.77. The van der Waals surface area contributed by atoms with Crippen LogP contribution in [0, 0.1) is 11.7 Å². The topological polar surface area (TPSA) is 47.6 Å². The van der Waals surface area contributed by atoms with Crippen molar-refractivity contribution in [2.75, 3.05) is 18.5 Å². The first-order valence-corrected chi connectivity index (χ1v) is 8.15. The number of rotatable bonds is 3. The van der Waals surface area contributed by atoms with Gasteiger partial charge < -0.3 is 14.8 Å². The number of hydrogen-bond donors (Lipinski definition) is 1. The van der Waals surface area contributed by atoms with Crippen LogP contribution >= 0.6 is 11.6 Å². The average molecular weight is 348 g/mol. The van der Waals surface area contributed by atoms with Crippen molar-refractivity contribution in [3.63, 3.8) is 0 Å². The van der Waals surface area contributed by atoms with Crippen LogP contribution in [-0.2, 0) is 4.79 Å². The Balaban J connectivity index is 1.46. The summed E-state index contributed by atoms with van der Waals surface area (Å²) in [6, 6.07) is 9.62. The van der Waals surface area contributed by atoms with Crippen molar-refractivity contribution in [3.8, 4) is 11.5 Å². The first-order chi connectivity index (χ1) is 11.6. The van der Waals surface area contributed by atoms with E-state index in [2.05, 4.69) is 5.32 Å². The third-order valence-electron chi connectivity index (χ3n) is 4.32. The van der Waals surface area contributed by atoms with Gasteiger partial charge in [-0.1, -0.05) is 23.7 Å². The van der Waals surface area contributed by atoms with E-state index >= 15 is 0 Å². The van der Waals surface area contributed by atoms with Crippen LogP contribution in [0.2, 0.25) is 5.02 Å². The van der Waals surface area contributed by atoms with Gasteiger partial charge in [-0.25, -0.2) is 4.39 Å². The molecule has 2 aromatic rings. The zero-order valence-corrected chi connectivity index (χ0v) is 13.5. The molecule has 2 aromatic carbocycles. The summed E-state index contributed by atoms with van der Waals surface area (Å²) in [7, 11) is 0. The number of nitrogens with one attached hydrogen (secondary N) is 1. The molecule has 1 aliphatic heterocycles. The monoisotopic (exact) mass is 347 g/mol. The van der Waals surface area contributed by atoms with E-state index in [9.17, 15) is 9.18 Å². The second-order valence-electron chi connectivity index (χ2n) is 5.97. The Bertz CT molecular complexity index is 794. The summed E-state index contributed by atoms with van der Waals surface area (Å²) in [6.07, 6.45) is 0.750. The van der Waals surface area contributed by atoms with Gasteiger partial charge in [0.1, 0.15) is 19.0 Å². The number of benzene rings is 2. The molecule has 1 amide bonds. The maximum absolute atomic E-state index is 13.0. The highest BCUT2D eigenvalue weighted by Crippen LogP contribution is 2.48. The van der Waals surface area contributed by atoms with Gasteiger partial charge in [-0.2, -0.15) is 0 Å². The number of halogens is 2. The van der Waals surface area contributed by atoms with Crippen LogP contribution in [0.3, 0.4) is 0 Å². The van der Waals surface area contributed by atoms with Crippen LogP contribution in [0.25, 0.3) is 0 Å². The summed E-state index contributed by atoms with van der Waals surface area (Å²) >= 11 is 6.21. The van der Waals surface area contributed by atoms with Gasteiger partial charge >= 0.3 is 0 Å². The van der Waals surface area contributed by atoms with Gasteiger partial charge in [0.15, 0.2) is 11.5 Å². The minimum atomic E-state index is -0.275. The number of carbonyl (C=O) groups excluding carboxylic acids is 1. The minimum Gasteiger partial charge on any atom is -0.486 e. The van der Waals surface area contributed by atoms with Crippen LogP contribution in [0.5, 0.6) is 11.5 Å². The molecule has 0 aromatic heterocycles. The lowest BCUT2D eigenvalue weighted by atomic mass is 10.1. The molecule has 2 unspecified atom stereocenters. The molecule has 6 heteroatoms. The van der Waals surface area contributed by atoms with E-state index in [1.807, 2.05) is 0 Å². The number of hydrogen-bond acceptors (Lipinski definition) is 3. The molecule has 124 valence electrons. The summed E-state index contributed by atoms with van der Waals surface area (Å²) in [5.74, 6) is 0.791. The maximum Gasteiger partial charge on any atom is 0.228 e. The van der Waals surface area contributed by atoms with Gasteiger partial charge in [0.25, 0.3) is 0 Å². The molecule has 1 N–H and O–H groups in total. The van der Waals surface area contributed by atoms with Gasteiger partial charge in [-0.3, -0.25) is 4.79 Å². The van der Waals surface area contributed by atoms with E-state index in [4.69, 9.17) is 21.1 Å². The summed E-state index contributed by atoms with van der Waals surface area (Å²) in [5.41, 5.74) is 1.49. The normalized spacial score (nSPS) is 21.2. The highest BCUT2D eigenvalue weighted by Gasteiger charge is 2.44. The summed E-state index contributed by atoms with van der Waals surface area (Å²) < 4.78 is 23.9. The summed E-state index contributed by atoms with van der Waals surface area (Å²) in [4.78, 5) is 12.4. The third-order valence-corrected chi connectivity index (χ3v) is 4.63. The van der Waals surface area contributed by atoms with Crippen molar-refractivity contribution >= 4 is 23.2 Å². The quantitative estimate of drug-likeness (QED) is 0.913. The molecule has 0 spiro atoms. The molecule has 0 bridgehead atoms. The lowest BCUT2D eigenvalue weighted by Crippen LogP contribution is -2.17. The minimum absolute atomic E-state index is 0.0945. The molecule has 4 nitrogen and oxygen atoms in total. The van der Waals surface area contributed by atoms with Crippen molar-refractivity contribution in [2.24, 2.45) is 5.92 Å². The van der Waals surface area contributed by atoms with E-state index in [1.165, 1.54) is 12.1 Å².